The lowest BCUT2D eigenvalue weighted by molar-refractivity contribution is -0.139. The Hall–Kier alpha value is -3.53. The van der Waals surface area contributed by atoms with E-state index in [9.17, 15) is 28.0 Å². The van der Waals surface area contributed by atoms with Crippen molar-refractivity contribution < 1.29 is 32.2 Å². The van der Waals surface area contributed by atoms with E-state index >= 15 is 0 Å². The minimum absolute atomic E-state index is 0.0240. The highest BCUT2D eigenvalue weighted by Gasteiger charge is 2.43. The number of esters is 2. The van der Waals surface area contributed by atoms with Crippen LogP contribution in [0.25, 0.3) is 0 Å². The summed E-state index contributed by atoms with van der Waals surface area (Å²) in [6, 6.07) is 13.4. The number of nitriles is 1. The monoisotopic (exact) mass is 583 g/mol. The summed E-state index contributed by atoms with van der Waals surface area (Å²) in [5, 5.41) is 9.96. The molecule has 0 bridgehead atoms. The predicted molar refractivity (Wildman–Crippen MR) is 124 cm³/mol. The largest absolute Gasteiger partial charge is 0.466 e. The van der Waals surface area contributed by atoms with E-state index in [2.05, 4.69) is 0 Å². The summed E-state index contributed by atoms with van der Waals surface area (Å²) < 4.78 is 49.5. The fourth-order valence-electron chi connectivity index (χ4n) is 3.65. The molecule has 2 aromatic carbocycles. The maximum absolute atomic E-state index is 13.3. The summed E-state index contributed by atoms with van der Waals surface area (Å²) >= 11 is 1.51. The van der Waals surface area contributed by atoms with Gasteiger partial charge in [0.2, 0.25) is 0 Å². The normalized spacial score (nSPS) is 16.3. The van der Waals surface area contributed by atoms with Crippen molar-refractivity contribution in [3.63, 3.8) is 0 Å². The van der Waals surface area contributed by atoms with E-state index in [4.69, 9.17) is 15.2 Å². The number of rotatable bonds is 4. The van der Waals surface area contributed by atoms with Crippen LogP contribution in [0.1, 0.15) is 17.0 Å². The van der Waals surface area contributed by atoms with Crippen molar-refractivity contribution in [2.75, 3.05) is 19.1 Å². The number of nitrogens with two attached hydrogens (primary N) is 1. The summed E-state index contributed by atoms with van der Waals surface area (Å²) in [5.74, 6) is -3.23. The van der Waals surface area contributed by atoms with Gasteiger partial charge in [-0.2, -0.15) is 18.4 Å². The molecule has 2 aromatic rings. The lowest BCUT2D eigenvalue weighted by Gasteiger charge is -2.36. The SMILES string of the molecule is COC(=O)C1=C(C(=O)OC)N(c2ccc(C(F)(F)F)c(I)c2)C(N)=C(C#N)C1c1ccccc1. The summed E-state index contributed by atoms with van der Waals surface area (Å²) in [4.78, 5) is 26.9. The standard InChI is InChI=1S/C23H17F3IN3O4/c1-33-21(31)18-17(12-6-4-3-5-7-12)14(11-28)20(29)30(19(18)22(32)34-2)13-8-9-15(16(27)10-13)23(24,25)26/h3-10,17H,29H2,1-2H3. The molecule has 1 unspecified atom stereocenters. The van der Waals surface area contributed by atoms with Crippen molar-refractivity contribution in [1.82, 2.24) is 0 Å². The molecule has 7 nitrogen and oxygen atoms in total. The number of hydrogen-bond acceptors (Lipinski definition) is 7. The number of carbonyl (C=O) groups excluding carboxylic acids is 2. The van der Waals surface area contributed by atoms with Crippen LogP contribution in [0.5, 0.6) is 0 Å². The van der Waals surface area contributed by atoms with Crippen molar-refractivity contribution in [1.29, 1.82) is 5.26 Å². The molecule has 0 radical (unpaired) electrons. The van der Waals surface area contributed by atoms with Gasteiger partial charge in [0.25, 0.3) is 0 Å². The fraction of sp³-hybridized carbons (Fsp3) is 0.174. The van der Waals surface area contributed by atoms with Crippen LogP contribution in [-0.2, 0) is 25.2 Å². The second kappa shape index (κ2) is 9.76. The number of hydrogen-bond donors (Lipinski definition) is 1. The minimum atomic E-state index is -4.60. The fourth-order valence-corrected chi connectivity index (χ4v) is 4.46. The Labute approximate surface area is 206 Å². The van der Waals surface area contributed by atoms with Crippen molar-refractivity contribution >= 4 is 40.2 Å². The van der Waals surface area contributed by atoms with Crippen LogP contribution in [0.2, 0.25) is 0 Å². The molecule has 0 saturated carbocycles. The Bertz CT molecular complexity index is 1250. The smallest absolute Gasteiger partial charge is 0.417 e. The minimum Gasteiger partial charge on any atom is -0.466 e. The van der Waals surface area contributed by atoms with Gasteiger partial charge in [0, 0.05) is 9.26 Å². The molecule has 0 spiro atoms. The second-order valence-electron chi connectivity index (χ2n) is 7.00. The van der Waals surface area contributed by atoms with Crippen LogP contribution in [0, 0.1) is 14.9 Å². The van der Waals surface area contributed by atoms with E-state index in [1.807, 2.05) is 6.07 Å². The van der Waals surface area contributed by atoms with Crippen LogP contribution in [0.15, 0.2) is 71.2 Å². The number of benzene rings is 2. The Morgan fingerprint density at radius 1 is 1.09 bits per heavy atom. The Morgan fingerprint density at radius 2 is 1.71 bits per heavy atom. The van der Waals surface area contributed by atoms with Gasteiger partial charge in [0.05, 0.1) is 42.9 Å². The molecule has 1 aliphatic rings. The quantitative estimate of drug-likeness (QED) is 0.425. The number of carbonyl (C=O) groups is 2. The first-order chi connectivity index (χ1) is 16.1. The van der Waals surface area contributed by atoms with Gasteiger partial charge in [0.15, 0.2) is 0 Å². The summed E-state index contributed by atoms with van der Waals surface area (Å²) in [6.45, 7) is 0. The molecular formula is C23H17F3IN3O4. The lowest BCUT2D eigenvalue weighted by Crippen LogP contribution is -2.40. The highest BCUT2D eigenvalue weighted by molar-refractivity contribution is 14.1. The van der Waals surface area contributed by atoms with E-state index < -0.39 is 29.6 Å². The molecule has 176 valence electrons. The molecular weight excluding hydrogens is 566 g/mol. The molecule has 1 aliphatic heterocycles. The Morgan fingerprint density at radius 3 is 2.21 bits per heavy atom. The molecule has 34 heavy (non-hydrogen) atoms. The predicted octanol–water partition coefficient (Wildman–Crippen LogP) is 4.21. The van der Waals surface area contributed by atoms with Gasteiger partial charge in [-0.25, -0.2) is 9.59 Å². The first-order valence-corrected chi connectivity index (χ1v) is 10.7. The molecule has 0 saturated heterocycles. The maximum Gasteiger partial charge on any atom is 0.417 e. The van der Waals surface area contributed by atoms with Crippen molar-refractivity contribution in [2.24, 2.45) is 5.73 Å². The van der Waals surface area contributed by atoms with Crippen molar-refractivity contribution in [2.45, 2.75) is 12.1 Å². The van der Waals surface area contributed by atoms with E-state index in [0.29, 0.717) is 5.56 Å². The zero-order valence-electron chi connectivity index (χ0n) is 17.8. The van der Waals surface area contributed by atoms with Crippen LogP contribution in [0.4, 0.5) is 18.9 Å². The van der Waals surface area contributed by atoms with Gasteiger partial charge in [-0.15, -0.1) is 0 Å². The van der Waals surface area contributed by atoms with Gasteiger partial charge >= 0.3 is 18.1 Å². The number of nitrogens with zero attached hydrogens (tertiary/aromatic N) is 2. The van der Waals surface area contributed by atoms with E-state index in [0.717, 1.165) is 37.3 Å². The third-order valence-corrected chi connectivity index (χ3v) is 6.02. The third-order valence-electron chi connectivity index (χ3n) is 5.13. The summed E-state index contributed by atoms with van der Waals surface area (Å²) in [5.41, 5.74) is 5.24. The van der Waals surface area contributed by atoms with Gasteiger partial charge in [-0.3, -0.25) is 4.90 Å². The van der Waals surface area contributed by atoms with Crippen molar-refractivity contribution in [3.05, 3.63) is 85.9 Å². The number of methoxy groups -OCH3 is 2. The van der Waals surface area contributed by atoms with Crippen LogP contribution in [0.3, 0.4) is 0 Å². The zero-order chi connectivity index (χ0) is 25.2. The maximum atomic E-state index is 13.3. The molecule has 1 heterocycles. The number of ether oxygens (including phenoxy) is 2. The molecule has 1 atom stereocenters. The Kier molecular flexibility index (Phi) is 7.21. The molecule has 11 heteroatoms. The Balaban J connectivity index is 2.39. The van der Waals surface area contributed by atoms with Gasteiger partial charge in [0.1, 0.15) is 11.5 Å². The van der Waals surface area contributed by atoms with Crippen molar-refractivity contribution in [3.8, 4) is 6.07 Å². The lowest BCUT2D eigenvalue weighted by atomic mass is 9.81. The second-order valence-corrected chi connectivity index (χ2v) is 8.16. The molecule has 0 aromatic heterocycles. The summed E-state index contributed by atoms with van der Waals surface area (Å²) in [6.07, 6.45) is -4.60. The molecule has 3 rings (SSSR count). The average Bonchev–Trinajstić information content (AvgIpc) is 2.81. The number of alkyl halides is 3. The first-order valence-electron chi connectivity index (χ1n) is 9.59. The molecule has 0 aliphatic carbocycles. The van der Waals surface area contributed by atoms with Gasteiger partial charge in [-0.05, 0) is 46.4 Å². The molecule has 0 amide bonds. The zero-order valence-corrected chi connectivity index (χ0v) is 20.0. The van der Waals surface area contributed by atoms with E-state index in [1.54, 1.807) is 30.3 Å². The highest BCUT2D eigenvalue weighted by Crippen LogP contribution is 2.44. The highest BCUT2D eigenvalue weighted by atomic mass is 127. The number of allylic oxidation sites excluding steroid dienone is 1. The average molecular weight is 583 g/mol. The number of anilines is 1. The van der Waals surface area contributed by atoms with Crippen LogP contribution >= 0.6 is 22.6 Å². The topological polar surface area (TPSA) is 106 Å². The van der Waals surface area contributed by atoms with Crippen LogP contribution < -0.4 is 10.6 Å². The first kappa shape index (κ1) is 25.1. The van der Waals surface area contributed by atoms with E-state index in [1.165, 1.54) is 22.6 Å². The number of halogens is 4. The molecule has 0 fully saturated rings. The van der Waals surface area contributed by atoms with E-state index in [-0.39, 0.29) is 31.9 Å². The summed E-state index contributed by atoms with van der Waals surface area (Å²) in [7, 11) is 2.18. The van der Waals surface area contributed by atoms with Crippen LogP contribution in [-0.4, -0.2) is 26.2 Å². The van der Waals surface area contributed by atoms with Gasteiger partial charge in [-0.1, -0.05) is 30.3 Å². The molecule has 2 N–H and O–H groups in total. The third kappa shape index (κ3) is 4.45. The van der Waals surface area contributed by atoms with Gasteiger partial charge < -0.3 is 15.2 Å².